The molecule has 1 aromatic heterocycles. The zero-order valence-corrected chi connectivity index (χ0v) is 14.4. The van der Waals surface area contributed by atoms with Gasteiger partial charge in [-0.05, 0) is 42.8 Å². The molecule has 25 heavy (non-hydrogen) atoms. The number of ether oxygens (including phenoxy) is 2. The molecule has 1 unspecified atom stereocenters. The van der Waals surface area contributed by atoms with Crippen molar-refractivity contribution in [3.8, 4) is 18.1 Å². The second kappa shape index (κ2) is 9.39. The number of carbonyl (C=O) groups is 1. The number of carbonyl (C=O) groups excluding carboxylic acids is 1. The molecule has 0 saturated heterocycles. The molecule has 0 amide bonds. The van der Waals surface area contributed by atoms with Crippen molar-refractivity contribution in [3.05, 3.63) is 60.6 Å². The van der Waals surface area contributed by atoms with Gasteiger partial charge in [0.2, 0.25) is 6.29 Å². The van der Waals surface area contributed by atoms with Crippen LogP contribution in [-0.4, -0.2) is 12.3 Å². The van der Waals surface area contributed by atoms with Gasteiger partial charge in [-0.3, -0.25) is 0 Å². The van der Waals surface area contributed by atoms with E-state index >= 15 is 0 Å². The molecule has 0 bridgehead atoms. The molecule has 1 aromatic carbocycles. The van der Waals surface area contributed by atoms with Gasteiger partial charge in [0.05, 0.1) is 11.8 Å². The molecular weight excluding hydrogens is 316 g/mol. The van der Waals surface area contributed by atoms with Gasteiger partial charge in [-0.25, -0.2) is 4.79 Å². The molecule has 1 heterocycles. The quantitative estimate of drug-likeness (QED) is 0.217. The van der Waals surface area contributed by atoms with Gasteiger partial charge in [-0.2, -0.15) is 0 Å². The number of rotatable bonds is 9. The van der Waals surface area contributed by atoms with E-state index in [0.717, 1.165) is 24.8 Å². The van der Waals surface area contributed by atoms with Crippen molar-refractivity contribution in [3.63, 3.8) is 0 Å². The summed E-state index contributed by atoms with van der Waals surface area (Å²) in [6.07, 6.45) is 9.73. The predicted molar refractivity (Wildman–Crippen MR) is 96.8 cm³/mol. The molecule has 4 nitrogen and oxygen atoms in total. The number of esters is 1. The Morgan fingerprint density at radius 3 is 2.64 bits per heavy atom. The fourth-order valence-electron chi connectivity index (χ4n) is 2.23. The van der Waals surface area contributed by atoms with Crippen molar-refractivity contribution < 1.29 is 18.7 Å². The number of benzene rings is 1. The van der Waals surface area contributed by atoms with Crippen molar-refractivity contribution in [2.45, 2.75) is 38.9 Å². The van der Waals surface area contributed by atoms with Gasteiger partial charge in [-0.1, -0.05) is 32.3 Å². The number of terminal acetylenes is 1. The molecule has 0 saturated carbocycles. The summed E-state index contributed by atoms with van der Waals surface area (Å²) in [7, 11) is 0. The molecule has 130 valence electrons. The summed E-state index contributed by atoms with van der Waals surface area (Å²) >= 11 is 0. The van der Waals surface area contributed by atoms with Crippen LogP contribution in [0.1, 0.15) is 43.9 Å². The van der Waals surface area contributed by atoms with Gasteiger partial charge in [0.1, 0.15) is 11.5 Å². The van der Waals surface area contributed by atoms with Gasteiger partial charge in [-0.15, -0.1) is 6.42 Å². The molecule has 0 aliphatic heterocycles. The van der Waals surface area contributed by atoms with Crippen LogP contribution in [0.25, 0.3) is 5.57 Å². The summed E-state index contributed by atoms with van der Waals surface area (Å²) < 4.78 is 16.5. The Bertz CT molecular complexity index is 720. The molecule has 0 radical (unpaired) electrons. The molecular formula is C21H22O4. The van der Waals surface area contributed by atoms with Crippen LogP contribution in [0, 0.1) is 12.3 Å². The maximum atomic E-state index is 12.3. The molecule has 4 heteroatoms. The predicted octanol–water partition coefficient (Wildman–Crippen LogP) is 4.80. The van der Waals surface area contributed by atoms with E-state index in [0.29, 0.717) is 17.9 Å². The molecule has 0 aliphatic carbocycles. The normalized spacial score (nSPS) is 11.4. The molecule has 0 fully saturated rings. The van der Waals surface area contributed by atoms with Gasteiger partial charge in [0, 0.05) is 12.0 Å². The van der Waals surface area contributed by atoms with E-state index in [2.05, 4.69) is 19.4 Å². The molecule has 1 atom stereocenters. The standard InChI is InChI=1S/C21H22O4/c1-4-6-7-10-20(24-18-13-11-17(5-2)12-14-18)25-21(22)16(3)19-9-8-15-23-19/h2,8-9,11-15,20H,3-4,6-7,10H2,1H3. The monoisotopic (exact) mass is 338 g/mol. The van der Waals surface area contributed by atoms with Crippen LogP contribution in [0.4, 0.5) is 0 Å². The number of furan rings is 1. The highest BCUT2D eigenvalue weighted by Crippen LogP contribution is 2.20. The van der Waals surface area contributed by atoms with E-state index in [1.807, 2.05) is 0 Å². The highest BCUT2D eigenvalue weighted by molar-refractivity contribution is 6.14. The Morgan fingerprint density at radius 1 is 1.28 bits per heavy atom. The molecule has 0 aliphatic rings. The first-order valence-electron chi connectivity index (χ1n) is 8.31. The molecule has 2 rings (SSSR count). The Labute approximate surface area is 148 Å². The van der Waals surface area contributed by atoms with Gasteiger partial charge in [0.15, 0.2) is 0 Å². The van der Waals surface area contributed by atoms with Crippen LogP contribution < -0.4 is 4.74 Å². The second-order valence-electron chi connectivity index (χ2n) is 5.57. The summed E-state index contributed by atoms with van der Waals surface area (Å²) in [5.74, 6) is 2.97. The van der Waals surface area contributed by atoms with Crippen LogP contribution in [0.2, 0.25) is 0 Å². The molecule has 0 spiro atoms. The summed E-state index contributed by atoms with van der Waals surface area (Å²) in [5, 5.41) is 0. The Balaban J connectivity index is 2.02. The smallest absolute Gasteiger partial charge is 0.344 e. The van der Waals surface area contributed by atoms with Crippen LogP contribution >= 0.6 is 0 Å². The highest BCUT2D eigenvalue weighted by Gasteiger charge is 2.20. The lowest BCUT2D eigenvalue weighted by Crippen LogP contribution is -2.24. The lowest BCUT2D eigenvalue weighted by atomic mass is 10.2. The van der Waals surface area contributed by atoms with Gasteiger partial charge >= 0.3 is 5.97 Å². The van der Waals surface area contributed by atoms with Crippen molar-refractivity contribution in [1.82, 2.24) is 0 Å². The van der Waals surface area contributed by atoms with E-state index in [1.165, 1.54) is 6.26 Å². The maximum Gasteiger partial charge on any atom is 0.344 e. The zero-order valence-electron chi connectivity index (χ0n) is 14.4. The van der Waals surface area contributed by atoms with Gasteiger partial charge in [0.25, 0.3) is 0 Å². The van der Waals surface area contributed by atoms with Crippen LogP contribution in [0.15, 0.2) is 53.7 Å². The summed E-state index contributed by atoms with van der Waals surface area (Å²) in [5.41, 5.74) is 0.926. The third kappa shape index (κ3) is 5.58. The van der Waals surface area contributed by atoms with E-state index in [-0.39, 0.29) is 5.57 Å². The zero-order chi connectivity index (χ0) is 18.1. The number of hydrogen-bond acceptors (Lipinski definition) is 4. The average Bonchev–Trinajstić information content (AvgIpc) is 3.16. The molecule has 0 N–H and O–H groups in total. The number of unbranched alkanes of at least 4 members (excludes halogenated alkanes) is 2. The number of hydrogen-bond donors (Lipinski definition) is 0. The van der Waals surface area contributed by atoms with E-state index in [9.17, 15) is 4.79 Å². The lowest BCUT2D eigenvalue weighted by molar-refractivity contribution is -0.157. The largest absolute Gasteiger partial charge is 0.464 e. The Morgan fingerprint density at radius 2 is 2.04 bits per heavy atom. The first-order chi connectivity index (χ1) is 12.1. The fraction of sp³-hybridized carbons (Fsp3) is 0.286. The van der Waals surface area contributed by atoms with Gasteiger partial charge < -0.3 is 13.9 Å². The average molecular weight is 338 g/mol. The van der Waals surface area contributed by atoms with Crippen molar-refractivity contribution in [2.75, 3.05) is 0 Å². The maximum absolute atomic E-state index is 12.3. The topological polar surface area (TPSA) is 48.7 Å². The summed E-state index contributed by atoms with van der Waals surface area (Å²) in [4.78, 5) is 12.3. The third-order valence-electron chi connectivity index (χ3n) is 3.64. The first-order valence-corrected chi connectivity index (χ1v) is 8.31. The molecule has 2 aromatic rings. The summed E-state index contributed by atoms with van der Waals surface area (Å²) in [6.45, 7) is 5.84. The summed E-state index contributed by atoms with van der Waals surface area (Å²) in [6, 6.07) is 10.4. The van der Waals surface area contributed by atoms with E-state index in [1.54, 1.807) is 36.4 Å². The second-order valence-corrected chi connectivity index (χ2v) is 5.57. The van der Waals surface area contributed by atoms with Crippen molar-refractivity contribution in [1.29, 1.82) is 0 Å². The third-order valence-corrected chi connectivity index (χ3v) is 3.64. The van der Waals surface area contributed by atoms with E-state index < -0.39 is 12.3 Å². The minimum atomic E-state index is -0.692. The van der Waals surface area contributed by atoms with Crippen LogP contribution in [-0.2, 0) is 9.53 Å². The van der Waals surface area contributed by atoms with E-state index in [4.69, 9.17) is 20.3 Å². The fourth-order valence-corrected chi connectivity index (χ4v) is 2.23. The lowest BCUT2D eigenvalue weighted by Gasteiger charge is -2.19. The SMILES string of the molecule is C#Cc1ccc(OC(CCCCC)OC(=O)C(=C)c2ccco2)cc1. The minimum absolute atomic E-state index is 0.164. The van der Waals surface area contributed by atoms with Crippen molar-refractivity contribution in [2.24, 2.45) is 0 Å². The van der Waals surface area contributed by atoms with Crippen LogP contribution in [0.5, 0.6) is 5.75 Å². The minimum Gasteiger partial charge on any atom is -0.464 e. The Kier molecular flexibility index (Phi) is 6.91. The first kappa shape index (κ1) is 18.4. The van der Waals surface area contributed by atoms with Crippen LogP contribution in [0.3, 0.4) is 0 Å². The highest BCUT2D eigenvalue weighted by atomic mass is 16.7. The Hall–Kier alpha value is -2.93. The van der Waals surface area contributed by atoms with Crippen molar-refractivity contribution >= 4 is 11.5 Å².